The van der Waals surface area contributed by atoms with Crippen molar-refractivity contribution in [2.45, 2.75) is 40.3 Å². The van der Waals surface area contributed by atoms with Crippen LogP contribution in [0.3, 0.4) is 0 Å². The predicted octanol–water partition coefficient (Wildman–Crippen LogP) is 2.03. The quantitative estimate of drug-likeness (QED) is 0.827. The van der Waals surface area contributed by atoms with Gasteiger partial charge in [-0.3, -0.25) is 4.79 Å². The fourth-order valence-corrected chi connectivity index (χ4v) is 1.58. The van der Waals surface area contributed by atoms with Crippen LogP contribution < -0.4 is 10.1 Å². The summed E-state index contributed by atoms with van der Waals surface area (Å²) in [6.07, 6.45) is 0. The van der Waals surface area contributed by atoms with Gasteiger partial charge in [-0.1, -0.05) is 31.5 Å². The molecule has 0 aliphatic rings. The standard InChI is InChI=1S/C15H23NO3/c1-10(2)12(4)16-15(18)9-19-14-6-5-11(3)7-13(14)8-17/h5-7,10,12,17H,8-9H2,1-4H3,(H,16,18). The molecule has 1 aromatic carbocycles. The van der Waals surface area contributed by atoms with Crippen LogP contribution in [0.25, 0.3) is 0 Å². The Morgan fingerprint density at radius 2 is 2.05 bits per heavy atom. The molecule has 0 bridgehead atoms. The van der Waals surface area contributed by atoms with Crippen molar-refractivity contribution >= 4 is 5.91 Å². The SMILES string of the molecule is Cc1ccc(OCC(=O)NC(C)C(C)C)c(CO)c1. The van der Waals surface area contributed by atoms with E-state index in [1.165, 1.54) is 0 Å². The van der Waals surface area contributed by atoms with E-state index in [-0.39, 0.29) is 25.2 Å². The summed E-state index contributed by atoms with van der Waals surface area (Å²) in [5, 5.41) is 12.1. The maximum absolute atomic E-state index is 11.7. The fraction of sp³-hybridized carbons (Fsp3) is 0.533. The van der Waals surface area contributed by atoms with Crippen molar-refractivity contribution in [1.29, 1.82) is 0 Å². The first kappa shape index (κ1) is 15.5. The number of amides is 1. The number of benzene rings is 1. The third kappa shape index (κ3) is 4.91. The van der Waals surface area contributed by atoms with Crippen molar-refractivity contribution in [2.75, 3.05) is 6.61 Å². The number of rotatable bonds is 6. The highest BCUT2D eigenvalue weighted by Crippen LogP contribution is 2.19. The molecular formula is C15H23NO3. The molecular weight excluding hydrogens is 242 g/mol. The van der Waals surface area contributed by atoms with Gasteiger partial charge in [0.25, 0.3) is 5.91 Å². The summed E-state index contributed by atoms with van der Waals surface area (Å²) < 4.78 is 5.45. The van der Waals surface area contributed by atoms with Gasteiger partial charge in [-0.25, -0.2) is 0 Å². The minimum atomic E-state index is -0.148. The molecule has 1 aromatic rings. The second-order valence-electron chi connectivity index (χ2n) is 5.16. The van der Waals surface area contributed by atoms with Crippen LogP contribution in [-0.4, -0.2) is 23.7 Å². The van der Waals surface area contributed by atoms with Gasteiger partial charge in [-0.05, 0) is 25.8 Å². The van der Waals surface area contributed by atoms with Crippen LogP contribution >= 0.6 is 0 Å². The highest BCUT2D eigenvalue weighted by atomic mass is 16.5. The summed E-state index contributed by atoms with van der Waals surface area (Å²) in [4.78, 5) is 11.7. The lowest BCUT2D eigenvalue weighted by atomic mass is 10.1. The molecule has 0 saturated carbocycles. The number of hydrogen-bond acceptors (Lipinski definition) is 3. The molecule has 0 saturated heterocycles. The van der Waals surface area contributed by atoms with Crippen molar-refractivity contribution in [3.63, 3.8) is 0 Å². The molecule has 0 fully saturated rings. The van der Waals surface area contributed by atoms with E-state index in [0.29, 0.717) is 17.2 Å². The average molecular weight is 265 g/mol. The lowest BCUT2D eigenvalue weighted by Gasteiger charge is -2.18. The van der Waals surface area contributed by atoms with E-state index in [2.05, 4.69) is 19.2 Å². The molecule has 0 heterocycles. The summed E-state index contributed by atoms with van der Waals surface area (Å²) in [6, 6.07) is 5.64. The highest BCUT2D eigenvalue weighted by molar-refractivity contribution is 5.77. The van der Waals surface area contributed by atoms with Gasteiger partial charge in [0, 0.05) is 11.6 Å². The minimum absolute atomic E-state index is 0.0346. The molecule has 0 aromatic heterocycles. The summed E-state index contributed by atoms with van der Waals surface area (Å²) >= 11 is 0. The number of hydrogen-bond donors (Lipinski definition) is 2. The topological polar surface area (TPSA) is 58.6 Å². The van der Waals surface area contributed by atoms with Crippen LogP contribution in [0.15, 0.2) is 18.2 Å². The lowest BCUT2D eigenvalue weighted by Crippen LogP contribution is -2.39. The highest BCUT2D eigenvalue weighted by Gasteiger charge is 2.12. The average Bonchev–Trinajstić information content (AvgIpc) is 2.36. The Labute approximate surface area is 114 Å². The number of aliphatic hydroxyl groups is 1. The van der Waals surface area contributed by atoms with Gasteiger partial charge < -0.3 is 15.2 Å². The second-order valence-corrected chi connectivity index (χ2v) is 5.16. The summed E-state index contributed by atoms with van der Waals surface area (Å²) in [5.74, 6) is 0.794. The Kier molecular flexibility index (Phi) is 5.83. The van der Waals surface area contributed by atoms with Gasteiger partial charge in [0.1, 0.15) is 5.75 Å². The number of aliphatic hydroxyl groups excluding tert-OH is 1. The monoisotopic (exact) mass is 265 g/mol. The fourth-order valence-electron chi connectivity index (χ4n) is 1.58. The Morgan fingerprint density at radius 3 is 2.63 bits per heavy atom. The Balaban J connectivity index is 2.55. The first-order valence-electron chi connectivity index (χ1n) is 6.56. The van der Waals surface area contributed by atoms with E-state index in [1.54, 1.807) is 6.07 Å². The number of carbonyl (C=O) groups is 1. The van der Waals surface area contributed by atoms with Crippen molar-refractivity contribution in [3.8, 4) is 5.75 Å². The molecule has 0 radical (unpaired) electrons. The Bertz CT molecular complexity index is 429. The van der Waals surface area contributed by atoms with Crippen LogP contribution in [0, 0.1) is 12.8 Å². The van der Waals surface area contributed by atoms with E-state index in [4.69, 9.17) is 4.74 Å². The van der Waals surface area contributed by atoms with E-state index in [9.17, 15) is 9.90 Å². The molecule has 1 rings (SSSR count). The lowest BCUT2D eigenvalue weighted by molar-refractivity contribution is -0.124. The van der Waals surface area contributed by atoms with Crippen molar-refractivity contribution in [2.24, 2.45) is 5.92 Å². The Hall–Kier alpha value is -1.55. The maximum Gasteiger partial charge on any atom is 0.258 e. The zero-order chi connectivity index (χ0) is 14.4. The zero-order valence-electron chi connectivity index (χ0n) is 12.1. The van der Waals surface area contributed by atoms with Crippen LogP contribution in [0.2, 0.25) is 0 Å². The van der Waals surface area contributed by atoms with Crippen LogP contribution in [-0.2, 0) is 11.4 Å². The first-order chi connectivity index (χ1) is 8.93. The van der Waals surface area contributed by atoms with E-state index in [1.807, 2.05) is 26.0 Å². The van der Waals surface area contributed by atoms with Gasteiger partial charge in [-0.15, -0.1) is 0 Å². The van der Waals surface area contributed by atoms with Gasteiger partial charge in [-0.2, -0.15) is 0 Å². The van der Waals surface area contributed by atoms with Gasteiger partial charge in [0.2, 0.25) is 0 Å². The Morgan fingerprint density at radius 1 is 1.37 bits per heavy atom. The normalized spacial score (nSPS) is 12.3. The largest absolute Gasteiger partial charge is 0.483 e. The summed E-state index contributed by atoms with van der Waals surface area (Å²) in [5.41, 5.74) is 1.75. The molecule has 4 nitrogen and oxygen atoms in total. The first-order valence-corrected chi connectivity index (χ1v) is 6.56. The smallest absolute Gasteiger partial charge is 0.258 e. The molecule has 1 amide bonds. The van der Waals surface area contributed by atoms with E-state index in [0.717, 1.165) is 5.56 Å². The van der Waals surface area contributed by atoms with E-state index < -0.39 is 0 Å². The second kappa shape index (κ2) is 7.14. The van der Waals surface area contributed by atoms with Gasteiger partial charge in [0.15, 0.2) is 6.61 Å². The number of aryl methyl sites for hydroxylation is 1. The molecule has 0 spiro atoms. The van der Waals surface area contributed by atoms with Crippen LogP contribution in [0.4, 0.5) is 0 Å². The molecule has 19 heavy (non-hydrogen) atoms. The summed E-state index contributed by atoms with van der Waals surface area (Å²) in [7, 11) is 0. The van der Waals surface area contributed by atoms with Crippen molar-refractivity contribution in [1.82, 2.24) is 5.32 Å². The van der Waals surface area contributed by atoms with Crippen LogP contribution in [0.5, 0.6) is 5.75 Å². The third-order valence-corrected chi connectivity index (χ3v) is 3.13. The van der Waals surface area contributed by atoms with Gasteiger partial charge >= 0.3 is 0 Å². The predicted molar refractivity (Wildman–Crippen MR) is 75.0 cm³/mol. The van der Waals surface area contributed by atoms with Crippen LogP contribution in [0.1, 0.15) is 31.9 Å². The number of ether oxygens (including phenoxy) is 1. The summed E-state index contributed by atoms with van der Waals surface area (Å²) in [6.45, 7) is 7.88. The minimum Gasteiger partial charge on any atom is -0.483 e. The third-order valence-electron chi connectivity index (χ3n) is 3.13. The maximum atomic E-state index is 11.7. The molecule has 0 aliphatic carbocycles. The molecule has 1 atom stereocenters. The molecule has 106 valence electrons. The zero-order valence-corrected chi connectivity index (χ0v) is 12.1. The molecule has 2 N–H and O–H groups in total. The molecule has 4 heteroatoms. The van der Waals surface area contributed by atoms with Crippen molar-refractivity contribution in [3.05, 3.63) is 29.3 Å². The van der Waals surface area contributed by atoms with Crippen molar-refractivity contribution < 1.29 is 14.6 Å². The number of nitrogens with one attached hydrogen (secondary N) is 1. The number of carbonyl (C=O) groups excluding carboxylic acids is 1. The van der Waals surface area contributed by atoms with Gasteiger partial charge in [0.05, 0.1) is 6.61 Å². The van der Waals surface area contributed by atoms with E-state index >= 15 is 0 Å². The molecule has 1 unspecified atom stereocenters. The molecule has 0 aliphatic heterocycles.